The first-order chi connectivity index (χ1) is 5.15. The second kappa shape index (κ2) is 2.89. The number of hydrogen-bond acceptors (Lipinski definition) is 0. The first-order valence-electron chi connectivity index (χ1n) is 2.98. The van der Waals surface area contributed by atoms with Gasteiger partial charge in [-0.2, -0.15) is 0 Å². The van der Waals surface area contributed by atoms with Gasteiger partial charge in [-0.1, -0.05) is 11.6 Å². The summed E-state index contributed by atoms with van der Waals surface area (Å²) in [6, 6.07) is 2.59. The smallest absolute Gasteiger partial charge is 0.205 e. The highest BCUT2D eigenvalue weighted by Gasteiger charge is 2.03. The largest absolute Gasteiger partial charge is 0.237 e. The van der Waals surface area contributed by atoms with Crippen molar-refractivity contribution >= 4 is 17.3 Å². The Labute approximate surface area is 69.2 Å². The molecule has 11 heavy (non-hydrogen) atoms. The number of aryl methyl sites for hydroxylation is 1. The van der Waals surface area contributed by atoms with Crippen molar-refractivity contribution in [2.45, 2.75) is 6.92 Å². The highest BCUT2D eigenvalue weighted by molar-refractivity contribution is 6.33. The lowest BCUT2D eigenvalue weighted by atomic mass is 10.2. The Bertz CT molecular complexity index is 328. The average molecular weight is 170 g/mol. The van der Waals surface area contributed by atoms with E-state index in [4.69, 9.17) is 18.2 Å². The SMILES string of the molecule is [C-]#[N+]c1cc(C)c(F)cc1Cl. The number of halogens is 2. The van der Waals surface area contributed by atoms with E-state index in [1.54, 1.807) is 6.92 Å². The minimum atomic E-state index is -0.373. The van der Waals surface area contributed by atoms with Crippen LogP contribution < -0.4 is 0 Å². The molecule has 0 spiro atoms. The van der Waals surface area contributed by atoms with Gasteiger partial charge < -0.3 is 0 Å². The molecule has 1 aromatic carbocycles. The van der Waals surface area contributed by atoms with Gasteiger partial charge in [-0.3, -0.25) is 0 Å². The summed E-state index contributed by atoms with van der Waals surface area (Å²) in [5.41, 5.74) is 0.742. The maximum absolute atomic E-state index is 12.7. The van der Waals surface area contributed by atoms with Gasteiger partial charge in [-0.25, -0.2) is 9.24 Å². The molecule has 0 heterocycles. The summed E-state index contributed by atoms with van der Waals surface area (Å²) in [7, 11) is 0. The van der Waals surface area contributed by atoms with E-state index in [1.807, 2.05) is 0 Å². The van der Waals surface area contributed by atoms with E-state index in [9.17, 15) is 4.39 Å². The van der Waals surface area contributed by atoms with Gasteiger partial charge in [0.25, 0.3) is 0 Å². The van der Waals surface area contributed by atoms with Crippen molar-refractivity contribution in [2.75, 3.05) is 0 Å². The number of benzene rings is 1. The van der Waals surface area contributed by atoms with E-state index >= 15 is 0 Å². The van der Waals surface area contributed by atoms with Crippen molar-refractivity contribution in [1.29, 1.82) is 0 Å². The highest BCUT2D eigenvalue weighted by atomic mass is 35.5. The number of rotatable bonds is 0. The second-order valence-electron chi connectivity index (χ2n) is 2.16. The fourth-order valence-electron chi connectivity index (χ4n) is 0.728. The Morgan fingerprint density at radius 1 is 1.55 bits per heavy atom. The van der Waals surface area contributed by atoms with E-state index < -0.39 is 0 Å². The predicted molar refractivity (Wildman–Crippen MR) is 42.4 cm³/mol. The van der Waals surface area contributed by atoms with Crippen LogP contribution in [0.4, 0.5) is 10.1 Å². The molecule has 0 amide bonds. The van der Waals surface area contributed by atoms with E-state index in [-0.39, 0.29) is 10.8 Å². The van der Waals surface area contributed by atoms with Crippen molar-refractivity contribution in [3.05, 3.63) is 40.0 Å². The van der Waals surface area contributed by atoms with Crippen molar-refractivity contribution in [1.82, 2.24) is 0 Å². The molecule has 0 bridgehead atoms. The van der Waals surface area contributed by atoms with Crippen LogP contribution in [0.2, 0.25) is 5.02 Å². The fourth-order valence-corrected chi connectivity index (χ4v) is 0.920. The zero-order valence-corrected chi connectivity index (χ0v) is 6.61. The summed E-state index contributed by atoms with van der Waals surface area (Å²) in [4.78, 5) is 3.12. The Balaban J connectivity index is 3.35. The molecular formula is C8H5ClFN. The molecule has 0 aromatic heterocycles. The zero-order valence-electron chi connectivity index (χ0n) is 5.86. The van der Waals surface area contributed by atoms with Crippen LogP contribution in [0, 0.1) is 19.3 Å². The lowest BCUT2D eigenvalue weighted by Gasteiger charge is -1.98. The molecule has 0 N–H and O–H groups in total. The Kier molecular flexibility index (Phi) is 2.11. The van der Waals surface area contributed by atoms with Crippen LogP contribution in [0.1, 0.15) is 5.56 Å². The molecule has 0 atom stereocenters. The maximum atomic E-state index is 12.7. The third-order valence-corrected chi connectivity index (χ3v) is 1.65. The molecular weight excluding hydrogens is 165 g/mol. The van der Waals surface area contributed by atoms with E-state index in [2.05, 4.69) is 4.85 Å². The minimum Gasteiger partial charge on any atom is -0.237 e. The first-order valence-corrected chi connectivity index (χ1v) is 3.36. The van der Waals surface area contributed by atoms with Crippen LogP contribution in [-0.4, -0.2) is 0 Å². The van der Waals surface area contributed by atoms with Crippen LogP contribution in [0.3, 0.4) is 0 Å². The van der Waals surface area contributed by atoms with Gasteiger partial charge in [0.2, 0.25) is 5.69 Å². The molecule has 56 valence electrons. The van der Waals surface area contributed by atoms with E-state index in [1.165, 1.54) is 6.07 Å². The molecule has 0 aliphatic heterocycles. The van der Waals surface area contributed by atoms with Gasteiger partial charge >= 0.3 is 0 Å². The van der Waals surface area contributed by atoms with Crippen LogP contribution in [0.25, 0.3) is 4.85 Å². The number of nitrogens with zero attached hydrogens (tertiary/aromatic N) is 1. The van der Waals surface area contributed by atoms with Crippen LogP contribution in [0.15, 0.2) is 12.1 Å². The third kappa shape index (κ3) is 1.50. The van der Waals surface area contributed by atoms with Crippen molar-refractivity contribution < 1.29 is 4.39 Å². The normalized spacial score (nSPS) is 9.27. The van der Waals surface area contributed by atoms with Gasteiger partial charge in [0.05, 0.1) is 6.57 Å². The lowest BCUT2D eigenvalue weighted by Crippen LogP contribution is -1.80. The Morgan fingerprint density at radius 2 is 2.18 bits per heavy atom. The summed E-state index contributed by atoms with van der Waals surface area (Å²) in [5.74, 6) is -0.373. The summed E-state index contributed by atoms with van der Waals surface area (Å²) in [5, 5.41) is 0.170. The maximum Gasteiger partial charge on any atom is 0.205 e. The molecule has 0 saturated heterocycles. The Hall–Kier alpha value is -1.07. The standard InChI is InChI=1S/C8H5ClFN/c1-5-3-8(11-2)6(9)4-7(5)10/h3-4H,1H3. The van der Waals surface area contributed by atoms with Gasteiger partial charge in [-0.05, 0) is 24.6 Å². The summed E-state index contributed by atoms with van der Waals surface area (Å²) >= 11 is 5.55. The summed E-state index contributed by atoms with van der Waals surface area (Å²) < 4.78 is 12.7. The monoisotopic (exact) mass is 169 g/mol. The molecule has 3 heteroatoms. The molecule has 0 unspecified atom stereocenters. The molecule has 0 aliphatic rings. The van der Waals surface area contributed by atoms with Crippen LogP contribution in [0.5, 0.6) is 0 Å². The van der Waals surface area contributed by atoms with Gasteiger partial charge in [0.1, 0.15) is 5.82 Å². The molecule has 1 nitrogen and oxygen atoms in total. The van der Waals surface area contributed by atoms with E-state index in [0.717, 1.165) is 6.07 Å². The lowest BCUT2D eigenvalue weighted by molar-refractivity contribution is 0.619. The molecule has 1 aromatic rings. The molecule has 0 radical (unpaired) electrons. The van der Waals surface area contributed by atoms with E-state index in [0.29, 0.717) is 11.3 Å². The molecule has 0 fully saturated rings. The van der Waals surface area contributed by atoms with Gasteiger partial charge in [-0.15, -0.1) is 0 Å². The highest BCUT2D eigenvalue weighted by Crippen LogP contribution is 2.27. The molecule has 0 aliphatic carbocycles. The first kappa shape index (κ1) is 8.03. The van der Waals surface area contributed by atoms with Crippen LogP contribution in [-0.2, 0) is 0 Å². The number of hydrogen-bond donors (Lipinski definition) is 0. The third-order valence-electron chi connectivity index (χ3n) is 1.35. The van der Waals surface area contributed by atoms with Crippen LogP contribution >= 0.6 is 11.6 Å². The minimum absolute atomic E-state index is 0.170. The summed E-state index contributed by atoms with van der Waals surface area (Å²) in [6.07, 6.45) is 0. The fraction of sp³-hybridized carbons (Fsp3) is 0.125. The average Bonchev–Trinajstić information content (AvgIpc) is 1.97. The van der Waals surface area contributed by atoms with Gasteiger partial charge in [0.15, 0.2) is 0 Å². The van der Waals surface area contributed by atoms with Crippen molar-refractivity contribution in [3.8, 4) is 0 Å². The predicted octanol–water partition coefficient (Wildman–Crippen LogP) is 3.34. The van der Waals surface area contributed by atoms with Crippen molar-refractivity contribution in [3.63, 3.8) is 0 Å². The summed E-state index contributed by atoms with van der Waals surface area (Å²) in [6.45, 7) is 8.27. The molecule has 1 rings (SSSR count). The second-order valence-corrected chi connectivity index (χ2v) is 2.57. The topological polar surface area (TPSA) is 4.36 Å². The quantitative estimate of drug-likeness (QED) is 0.525. The van der Waals surface area contributed by atoms with Crippen molar-refractivity contribution in [2.24, 2.45) is 0 Å². The molecule has 0 saturated carbocycles. The van der Waals surface area contributed by atoms with Gasteiger partial charge in [0, 0.05) is 5.02 Å². The Morgan fingerprint density at radius 3 is 2.73 bits per heavy atom. The zero-order chi connectivity index (χ0) is 8.43.